The Morgan fingerprint density at radius 3 is 2.73 bits per heavy atom. The summed E-state index contributed by atoms with van der Waals surface area (Å²) in [4.78, 5) is 21.4. The van der Waals surface area contributed by atoms with E-state index in [2.05, 4.69) is 45.1 Å². The van der Waals surface area contributed by atoms with E-state index in [1.807, 2.05) is 0 Å². The second-order valence-electron chi connectivity index (χ2n) is 7.48. The van der Waals surface area contributed by atoms with Gasteiger partial charge in [0, 0.05) is 37.8 Å². The molecule has 0 radical (unpaired) electrons. The smallest absolute Gasteiger partial charge is 0.341 e. The summed E-state index contributed by atoms with van der Waals surface area (Å²) in [7, 11) is 1.42. The zero-order valence-electron chi connectivity index (χ0n) is 15.2. The summed E-state index contributed by atoms with van der Waals surface area (Å²) in [5.41, 5.74) is 2.24. The average molecular weight is 351 g/mol. The van der Waals surface area contributed by atoms with Crippen molar-refractivity contribution in [3.63, 3.8) is 0 Å². The van der Waals surface area contributed by atoms with Crippen LogP contribution in [0.5, 0.6) is 0 Å². The zero-order valence-corrected chi connectivity index (χ0v) is 15.2. The Morgan fingerprint density at radius 1 is 1.12 bits per heavy atom. The number of carbonyl (C=O) groups is 1. The first kappa shape index (κ1) is 17.0. The van der Waals surface area contributed by atoms with E-state index >= 15 is 0 Å². The highest BCUT2D eigenvalue weighted by Gasteiger charge is 2.44. The molecule has 2 fully saturated rings. The number of aromatic nitrogens is 1. The minimum atomic E-state index is -0.314. The third-order valence-electron chi connectivity index (χ3n) is 5.70. The van der Waals surface area contributed by atoms with Crippen LogP contribution in [0.15, 0.2) is 48.7 Å². The van der Waals surface area contributed by atoms with Crippen LogP contribution in [0.1, 0.15) is 28.8 Å². The van der Waals surface area contributed by atoms with Crippen LogP contribution in [0.2, 0.25) is 0 Å². The third kappa shape index (κ3) is 3.31. The number of pyridine rings is 1. The summed E-state index contributed by atoms with van der Waals surface area (Å²) in [6.45, 7) is 5.16. The fourth-order valence-electron chi connectivity index (χ4n) is 4.37. The van der Waals surface area contributed by atoms with Crippen LogP contribution < -0.4 is 4.90 Å². The maximum absolute atomic E-state index is 12.1. The number of esters is 1. The van der Waals surface area contributed by atoms with Crippen LogP contribution in [0.3, 0.4) is 0 Å². The fourth-order valence-corrected chi connectivity index (χ4v) is 4.37. The van der Waals surface area contributed by atoms with Gasteiger partial charge in [-0.3, -0.25) is 4.90 Å². The van der Waals surface area contributed by atoms with Gasteiger partial charge in [-0.2, -0.15) is 0 Å². The van der Waals surface area contributed by atoms with Crippen molar-refractivity contribution in [2.45, 2.75) is 19.4 Å². The molecule has 5 nitrogen and oxygen atoms in total. The predicted octanol–water partition coefficient (Wildman–Crippen LogP) is 2.97. The van der Waals surface area contributed by atoms with Crippen molar-refractivity contribution in [3.8, 4) is 0 Å². The molecule has 4 rings (SSSR count). The van der Waals surface area contributed by atoms with Gasteiger partial charge in [-0.05, 0) is 37.1 Å². The highest BCUT2D eigenvalue weighted by atomic mass is 16.5. The molecule has 2 aliphatic heterocycles. The number of benzene rings is 1. The Bertz CT molecular complexity index is 780. The molecule has 2 saturated heterocycles. The van der Waals surface area contributed by atoms with E-state index in [0.717, 1.165) is 45.0 Å². The Labute approximate surface area is 154 Å². The van der Waals surface area contributed by atoms with Crippen molar-refractivity contribution >= 4 is 11.8 Å². The van der Waals surface area contributed by atoms with Gasteiger partial charge in [0.1, 0.15) is 11.4 Å². The van der Waals surface area contributed by atoms with E-state index in [1.165, 1.54) is 19.1 Å². The second kappa shape index (κ2) is 7.08. The summed E-state index contributed by atoms with van der Waals surface area (Å²) in [6, 6.07) is 14.3. The highest BCUT2D eigenvalue weighted by molar-refractivity contribution is 5.94. The van der Waals surface area contributed by atoms with Gasteiger partial charge in [-0.15, -0.1) is 0 Å². The lowest BCUT2D eigenvalue weighted by Gasteiger charge is -2.26. The quantitative estimate of drug-likeness (QED) is 0.793. The fraction of sp³-hybridized carbons (Fsp3) is 0.429. The van der Waals surface area contributed by atoms with E-state index in [0.29, 0.717) is 11.0 Å². The van der Waals surface area contributed by atoms with Crippen molar-refractivity contribution in [1.29, 1.82) is 0 Å². The molecule has 1 aromatic carbocycles. The first-order valence-electron chi connectivity index (χ1n) is 9.24. The number of hydrogen-bond donors (Lipinski definition) is 0. The van der Waals surface area contributed by atoms with Gasteiger partial charge in [0.25, 0.3) is 0 Å². The van der Waals surface area contributed by atoms with Crippen LogP contribution >= 0.6 is 0 Å². The summed E-state index contributed by atoms with van der Waals surface area (Å²) < 4.78 is 4.92. The standard InChI is InChI=1S/C21H25N3O2/c1-26-20(25)18-8-5-11-22-19(18)24-13-10-21(16-24)9-12-23(15-21)14-17-6-3-2-4-7-17/h2-8,11H,9-10,12-16H2,1H3. The largest absolute Gasteiger partial charge is 0.465 e. The monoisotopic (exact) mass is 351 g/mol. The molecule has 0 bridgehead atoms. The molecular formula is C21H25N3O2. The number of ether oxygens (including phenoxy) is 1. The molecule has 0 aliphatic carbocycles. The summed E-state index contributed by atoms with van der Waals surface area (Å²) >= 11 is 0. The maximum Gasteiger partial charge on any atom is 0.341 e. The summed E-state index contributed by atoms with van der Waals surface area (Å²) in [6.07, 6.45) is 4.11. The molecule has 1 aromatic heterocycles. The van der Waals surface area contributed by atoms with Crippen molar-refractivity contribution in [3.05, 3.63) is 59.8 Å². The normalized spacial score (nSPS) is 22.9. The van der Waals surface area contributed by atoms with Gasteiger partial charge in [-0.1, -0.05) is 30.3 Å². The summed E-state index contributed by atoms with van der Waals surface area (Å²) in [5, 5.41) is 0. The van der Waals surface area contributed by atoms with E-state index in [9.17, 15) is 4.79 Å². The minimum Gasteiger partial charge on any atom is -0.465 e. The third-order valence-corrected chi connectivity index (χ3v) is 5.70. The number of anilines is 1. The number of methoxy groups -OCH3 is 1. The second-order valence-corrected chi connectivity index (χ2v) is 7.48. The molecule has 0 amide bonds. The lowest BCUT2D eigenvalue weighted by molar-refractivity contribution is 0.0601. The van der Waals surface area contributed by atoms with Gasteiger partial charge in [0.05, 0.1) is 7.11 Å². The average Bonchev–Trinajstić information content (AvgIpc) is 3.28. The first-order chi connectivity index (χ1) is 12.7. The molecule has 0 saturated carbocycles. The minimum absolute atomic E-state index is 0.305. The van der Waals surface area contributed by atoms with E-state index in [4.69, 9.17) is 4.74 Å². The molecule has 5 heteroatoms. The lowest BCUT2D eigenvalue weighted by atomic mass is 9.86. The number of carbonyl (C=O) groups excluding carboxylic acids is 1. The van der Waals surface area contributed by atoms with Crippen molar-refractivity contribution in [2.24, 2.45) is 5.41 Å². The van der Waals surface area contributed by atoms with Crippen LogP contribution in [-0.2, 0) is 11.3 Å². The van der Waals surface area contributed by atoms with E-state index in [1.54, 1.807) is 18.3 Å². The highest BCUT2D eigenvalue weighted by Crippen LogP contribution is 2.41. The lowest BCUT2D eigenvalue weighted by Crippen LogP contribution is -2.31. The Kier molecular flexibility index (Phi) is 4.64. The van der Waals surface area contributed by atoms with Gasteiger partial charge in [0.15, 0.2) is 0 Å². The van der Waals surface area contributed by atoms with Crippen LogP contribution in [0, 0.1) is 5.41 Å². The molecule has 1 atom stereocenters. The number of hydrogen-bond acceptors (Lipinski definition) is 5. The zero-order chi connectivity index (χ0) is 18.0. The molecule has 136 valence electrons. The van der Waals surface area contributed by atoms with Crippen molar-refractivity contribution in [1.82, 2.24) is 9.88 Å². The maximum atomic E-state index is 12.1. The molecule has 3 heterocycles. The number of likely N-dealkylation sites (tertiary alicyclic amines) is 1. The Morgan fingerprint density at radius 2 is 1.92 bits per heavy atom. The van der Waals surface area contributed by atoms with Crippen LogP contribution in [0.25, 0.3) is 0 Å². The van der Waals surface area contributed by atoms with Gasteiger partial charge in [-0.25, -0.2) is 9.78 Å². The van der Waals surface area contributed by atoms with Crippen molar-refractivity contribution < 1.29 is 9.53 Å². The van der Waals surface area contributed by atoms with Crippen molar-refractivity contribution in [2.75, 3.05) is 38.2 Å². The molecule has 2 aromatic rings. The van der Waals surface area contributed by atoms with Crippen LogP contribution in [0.4, 0.5) is 5.82 Å². The summed E-state index contributed by atoms with van der Waals surface area (Å²) in [5.74, 6) is 0.448. The Balaban J connectivity index is 1.45. The SMILES string of the molecule is COC(=O)c1cccnc1N1CCC2(CCN(Cc3ccccc3)C2)C1. The van der Waals surface area contributed by atoms with Gasteiger partial charge in [0.2, 0.25) is 0 Å². The molecule has 1 unspecified atom stereocenters. The van der Waals surface area contributed by atoms with E-state index < -0.39 is 0 Å². The molecule has 26 heavy (non-hydrogen) atoms. The molecule has 0 N–H and O–H groups in total. The topological polar surface area (TPSA) is 45.7 Å². The molecule has 2 aliphatic rings. The Hall–Kier alpha value is -2.40. The predicted molar refractivity (Wildman–Crippen MR) is 101 cm³/mol. The van der Waals surface area contributed by atoms with Crippen LogP contribution in [-0.4, -0.2) is 49.1 Å². The number of rotatable bonds is 4. The molecular weight excluding hydrogens is 326 g/mol. The molecule has 1 spiro atoms. The first-order valence-corrected chi connectivity index (χ1v) is 9.24. The van der Waals surface area contributed by atoms with Gasteiger partial charge >= 0.3 is 5.97 Å². The van der Waals surface area contributed by atoms with Gasteiger partial charge < -0.3 is 9.64 Å². The number of nitrogens with zero attached hydrogens (tertiary/aromatic N) is 3. The van der Waals surface area contributed by atoms with E-state index in [-0.39, 0.29) is 5.97 Å².